The zero-order valence-electron chi connectivity index (χ0n) is 12.0. The maximum Gasteiger partial charge on any atom is 0.339 e. The smallest absolute Gasteiger partial charge is 0.339 e. The van der Waals surface area contributed by atoms with Crippen LogP contribution in [0.25, 0.3) is 0 Å². The van der Waals surface area contributed by atoms with E-state index in [1.165, 1.54) is 5.06 Å². The van der Waals surface area contributed by atoms with Crippen LogP contribution >= 0.6 is 0 Å². The largest absolute Gasteiger partial charge is 0.350 e. The van der Waals surface area contributed by atoms with Crippen molar-refractivity contribution in [3.8, 4) is 0 Å². The maximum absolute atomic E-state index is 11.5. The average molecular weight is 288 g/mol. The van der Waals surface area contributed by atoms with E-state index in [-0.39, 0.29) is 6.04 Å². The Morgan fingerprint density at radius 1 is 1.43 bits per heavy atom. The molecular weight excluding hydrogens is 268 g/mol. The summed E-state index contributed by atoms with van der Waals surface area (Å²) < 4.78 is 0. The predicted molar refractivity (Wildman–Crippen MR) is 79.1 cm³/mol. The lowest BCUT2D eigenvalue weighted by Crippen LogP contribution is -2.38. The van der Waals surface area contributed by atoms with Gasteiger partial charge in [0.25, 0.3) is 0 Å². The van der Waals surface area contributed by atoms with Gasteiger partial charge in [-0.15, -0.1) is 0 Å². The molecule has 0 saturated carbocycles. The second kappa shape index (κ2) is 7.44. The Hall–Kier alpha value is -2.34. The molecule has 0 spiro atoms. The lowest BCUT2D eigenvalue weighted by molar-refractivity contribution is -0.140. The van der Waals surface area contributed by atoms with Gasteiger partial charge in [-0.2, -0.15) is 5.06 Å². The number of hydrogen-bond acceptors (Lipinski definition) is 3. The van der Waals surface area contributed by atoms with Crippen molar-refractivity contribution in [3.63, 3.8) is 0 Å². The van der Waals surface area contributed by atoms with Crippen LogP contribution in [0.1, 0.15) is 30.6 Å². The van der Waals surface area contributed by atoms with Gasteiger partial charge in [0.15, 0.2) is 0 Å². The third kappa shape index (κ3) is 4.32. The van der Waals surface area contributed by atoms with Gasteiger partial charge in [-0.25, -0.2) is 9.78 Å². The maximum atomic E-state index is 11.5. The van der Waals surface area contributed by atoms with E-state index in [4.69, 9.17) is 10.6 Å². The summed E-state index contributed by atoms with van der Waals surface area (Å²) in [5.41, 5.74) is 7.42. The first kappa shape index (κ1) is 15.1. The quantitative estimate of drug-likeness (QED) is 0.606. The highest BCUT2D eigenvalue weighted by Gasteiger charge is 2.20. The fourth-order valence-corrected chi connectivity index (χ4v) is 2.08. The van der Waals surface area contributed by atoms with Gasteiger partial charge in [-0.05, 0) is 25.3 Å². The number of hydroxylamine groups is 2. The van der Waals surface area contributed by atoms with E-state index in [9.17, 15) is 4.79 Å². The number of carbonyl (C=O) groups excluding carboxylic acids is 1. The zero-order valence-corrected chi connectivity index (χ0v) is 12.0. The molecule has 2 rings (SSSR count). The summed E-state index contributed by atoms with van der Waals surface area (Å²) in [4.78, 5) is 24.1. The van der Waals surface area contributed by atoms with Crippen LogP contribution in [-0.4, -0.2) is 27.7 Å². The number of nitrogens with zero attached hydrogens (tertiary/aromatic N) is 2. The van der Waals surface area contributed by atoms with Gasteiger partial charge in [-0.3, -0.25) is 4.84 Å². The van der Waals surface area contributed by atoms with Gasteiger partial charge in [-0.1, -0.05) is 30.3 Å². The van der Waals surface area contributed by atoms with E-state index >= 15 is 0 Å². The number of amides is 2. The minimum absolute atomic E-state index is 0.226. The molecule has 1 unspecified atom stereocenters. The van der Waals surface area contributed by atoms with Crippen LogP contribution in [0.2, 0.25) is 0 Å². The number of aromatic amines is 1. The molecule has 3 N–H and O–H groups in total. The molecule has 6 heteroatoms. The van der Waals surface area contributed by atoms with Gasteiger partial charge in [0.2, 0.25) is 0 Å². The summed E-state index contributed by atoms with van der Waals surface area (Å²) in [7, 11) is 0. The van der Waals surface area contributed by atoms with Crippen molar-refractivity contribution >= 4 is 6.03 Å². The lowest BCUT2D eigenvalue weighted by Gasteiger charge is -2.26. The molecule has 0 fully saturated rings. The summed E-state index contributed by atoms with van der Waals surface area (Å²) in [6.45, 7) is 2.30. The Kier molecular flexibility index (Phi) is 5.34. The van der Waals surface area contributed by atoms with Gasteiger partial charge in [0.1, 0.15) is 0 Å². The summed E-state index contributed by atoms with van der Waals surface area (Å²) in [5.74, 6) is 0. The van der Waals surface area contributed by atoms with E-state index in [0.717, 1.165) is 24.1 Å². The highest BCUT2D eigenvalue weighted by molar-refractivity contribution is 5.71. The lowest BCUT2D eigenvalue weighted by atomic mass is 10.1. The third-order valence-electron chi connectivity index (χ3n) is 3.23. The molecular formula is C15H20N4O2. The van der Waals surface area contributed by atoms with Crippen molar-refractivity contribution in [2.45, 2.75) is 25.8 Å². The molecule has 0 radical (unpaired) electrons. The van der Waals surface area contributed by atoms with Gasteiger partial charge < -0.3 is 10.7 Å². The van der Waals surface area contributed by atoms with Gasteiger partial charge in [0, 0.05) is 11.9 Å². The van der Waals surface area contributed by atoms with Crippen molar-refractivity contribution in [2.75, 3.05) is 6.61 Å². The van der Waals surface area contributed by atoms with Gasteiger partial charge >= 0.3 is 6.03 Å². The topological polar surface area (TPSA) is 84.2 Å². The number of H-pyrrole nitrogens is 1. The number of urea groups is 1. The van der Waals surface area contributed by atoms with Crippen molar-refractivity contribution < 1.29 is 9.63 Å². The summed E-state index contributed by atoms with van der Waals surface area (Å²) in [6.07, 6.45) is 5.00. The average Bonchev–Trinajstić information content (AvgIpc) is 3.00. The molecule has 6 nitrogen and oxygen atoms in total. The minimum atomic E-state index is -0.590. The Morgan fingerprint density at radius 3 is 2.81 bits per heavy atom. The Balaban J connectivity index is 1.86. The summed E-state index contributed by atoms with van der Waals surface area (Å²) >= 11 is 0. The zero-order chi connectivity index (χ0) is 15.1. The number of aromatic nitrogens is 2. The molecule has 1 atom stereocenters. The number of primary amides is 1. The highest BCUT2D eigenvalue weighted by atomic mass is 16.7. The number of imidazole rings is 1. The summed E-state index contributed by atoms with van der Waals surface area (Å²) in [5, 5.41) is 1.22. The number of nitrogens with one attached hydrogen (secondary N) is 1. The van der Waals surface area contributed by atoms with Crippen LogP contribution in [0.15, 0.2) is 42.9 Å². The van der Waals surface area contributed by atoms with Crippen LogP contribution in [0.5, 0.6) is 0 Å². The first-order chi connectivity index (χ1) is 10.2. The van der Waals surface area contributed by atoms with Crippen molar-refractivity contribution in [1.82, 2.24) is 15.0 Å². The van der Waals surface area contributed by atoms with Crippen molar-refractivity contribution in [1.29, 1.82) is 0 Å². The predicted octanol–water partition coefficient (Wildman–Crippen LogP) is 2.42. The van der Waals surface area contributed by atoms with E-state index in [2.05, 4.69) is 9.97 Å². The van der Waals surface area contributed by atoms with Crippen molar-refractivity contribution in [3.05, 3.63) is 54.1 Å². The number of nitrogens with two attached hydrogens (primary N) is 1. The first-order valence-electron chi connectivity index (χ1n) is 6.92. The molecule has 2 amide bonds. The molecule has 0 saturated heterocycles. The number of rotatable bonds is 7. The van der Waals surface area contributed by atoms with Crippen LogP contribution in [-0.2, 0) is 11.3 Å². The molecule has 1 aromatic carbocycles. The van der Waals surface area contributed by atoms with Crippen LogP contribution in [0.4, 0.5) is 4.79 Å². The Bertz CT molecular complexity index is 542. The van der Waals surface area contributed by atoms with Gasteiger partial charge in [0.05, 0.1) is 19.0 Å². The second-order valence-corrected chi connectivity index (χ2v) is 4.76. The third-order valence-corrected chi connectivity index (χ3v) is 3.23. The highest BCUT2D eigenvalue weighted by Crippen LogP contribution is 2.20. The van der Waals surface area contributed by atoms with E-state index in [1.54, 1.807) is 12.5 Å². The number of hydrogen-bond donors (Lipinski definition) is 2. The number of benzene rings is 1. The van der Waals surface area contributed by atoms with Crippen LogP contribution in [0.3, 0.4) is 0 Å². The van der Waals surface area contributed by atoms with Crippen LogP contribution < -0.4 is 5.73 Å². The fourth-order valence-electron chi connectivity index (χ4n) is 2.08. The Morgan fingerprint density at radius 2 is 2.19 bits per heavy atom. The molecule has 112 valence electrons. The SMILES string of the molecule is CC(c1ccccc1)N(OCCCc1cnc[nH]1)C(N)=O. The molecule has 1 heterocycles. The molecule has 2 aromatic rings. The van der Waals surface area contributed by atoms with Crippen LogP contribution in [0, 0.1) is 0 Å². The minimum Gasteiger partial charge on any atom is -0.350 e. The molecule has 0 bridgehead atoms. The first-order valence-corrected chi connectivity index (χ1v) is 6.92. The van der Waals surface area contributed by atoms with E-state index in [0.29, 0.717) is 6.61 Å². The fraction of sp³-hybridized carbons (Fsp3) is 0.333. The molecule has 0 aliphatic carbocycles. The molecule has 0 aliphatic heterocycles. The van der Waals surface area contributed by atoms with E-state index in [1.807, 2.05) is 37.3 Å². The molecule has 0 aliphatic rings. The molecule has 1 aromatic heterocycles. The summed E-state index contributed by atoms with van der Waals surface area (Å²) in [6, 6.07) is 8.83. The number of aryl methyl sites for hydroxylation is 1. The van der Waals surface area contributed by atoms with E-state index < -0.39 is 6.03 Å². The standard InChI is InChI=1S/C15H20N4O2/c1-12(13-6-3-2-4-7-13)19(15(16)20)21-9-5-8-14-10-17-11-18-14/h2-4,6-7,10-12H,5,8-9H2,1H3,(H2,16,20)(H,17,18). The second-order valence-electron chi connectivity index (χ2n) is 4.76. The monoisotopic (exact) mass is 288 g/mol. The Labute approximate surface area is 123 Å². The number of carbonyl (C=O) groups is 1. The molecule has 21 heavy (non-hydrogen) atoms. The normalized spacial score (nSPS) is 12.0. The van der Waals surface area contributed by atoms with Crippen molar-refractivity contribution in [2.24, 2.45) is 5.73 Å².